The standard InChI is InChI=1S/C20H28ClNO4/c1-10-5-15(24)17-19(2,3)8-11(21)9-20(17,4)13(10)7-14(23)12-6-16(25)22-18(12)26/h11-14,17,23H,1,5-9H2,2-4H3,(H,22,25,26)/t11-,12+,13-,14-,17-,20+/m0/s1. The van der Waals surface area contributed by atoms with Crippen molar-refractivity contribution >= 4 is 29.2 Å². The van der Waals surface area contributed by atoms with Crippen LogP contribution in [0.5, 0.6) is 0 Å². The van der Waals surface area contributed by atoms with Crippen molar-refractivity contribution in [1.29, 1.82) is 0 Å². The molecule has 2 aliphatic carbocycles. The van der Waals surface area contributed by atoms with Gasteiger partial charge in [-0.3, -0.25) is 19.7 Å². The molecule has 0 unspecified atom stereocenters. The number of alkyl halides is 1. The number of Topliss-reactive ketones (excluding diaryl/α,β-unsaturated/α-hetero) is 1. The van der Waals surface area contributed by atoms with Crippen LogP contribution >= 0.6 is 11.6 Å². The number of allylic oxidation sites excluding steroid dienone is 1. The Labute approximate surface area is 159 Å². The van der Waals surface area contributed by atoms with Crippen molar-refractivity contribution in [2.75, 3.05) is 0 Å². The van der Waals surface area contributed by atoms with Gasteiger partial charge in [-0.25, -0.2) is 0 Å². The van der Waals surface area contributed by atoms with Gasteiger partial charge < -0.3 is 5.11 Å². The summed E-state index contributed by atoms with van der Waals surface area (Å²) in [5, 5.41) is 12.9. The zero-order valence-electron chi connectivity index (χ0n) is 15.7. The fourth-order valence-electron chi connectivity index (χ4n) is 6.04. The van der Waals surface area contributed by atoms with Crippen LogP contribution in [-0.4, -0.2) is 34.2 Å². The summed E-state index contributed by atoms with van der Waals surface area (Å²) < 4.78 is 0. The van der Waals surface area contributed by atoms with Gasteiger partial charge in [0, 0.05) is 24.1 Å². The Kier molecular flexibility index (Phi) is 4.85. The zero-order valence-corrected chi connectivity index (χ0v) is 16.4. The van der Waals surface area contributed by atoms with Crippen molar-refractivity contribution in [3.8, 4) is 0 Å². The molecule has 0 spiro atoms. The monoisotopic (exact) mass is 381 g/mol. The highest BCUT2D eigenvalue weighted by Crippen LogP contribution is 2.61. The minimum atomic E-state index is -0.937. The smallest absolute Gasteiger partial charge is 0.232 e. The van der Waals surface area contributed by atoms with Crippen LogP contribution in [-0.2, 0) is 14.4 Å². The Morgan fingerprint density at radius 2 is 1.92 bits per heavy atom. The molecule has 6 heteroatoms. The number of rotatable bonds is 3. The highest BCUT2D eigenvalue weighted by Gasteiger charge is 2.59. The van der Waals surface area contributed by atoms with Gasteiger partial charge in [-0.05, 0) is 36.0 Å². The van der Waals surface area contributed by atoms with Gasteiger partial charge in [0.05, 0.1) is 12.0 Å². The summed E-state index contributed by atoms with van der Waals surface area (Å²) in [6.07, 6.45) is 1.17. The maximum atomic E-state index is 12.9. The van der Waals surface area contributed by atoms with Crippen LogP contribution in [0.4, 0.5) is 0 Å². The van der Waals surface area contributed by atoms with E-state index in [2.05, 4.69) is 32.7 Å². The zero-order chi connectivity index (χ0) is 19.4. The number of carbonyl (C=O) groups excluding carboxylic acids is 3. The van der Waals surface area contributed by atoms with Crippen LogP contribution in [0.1, 0.15) is 52.9 Å². The van der Waals surface area contributed by atoms with Crippen molar-refractivity contribution in [2.24, 2.45) is 28.6 Å². The Hall–Kier alpha value is -1.20. The minimum absolute atomic E-state index is 0.0158. The molecule has 5 nitrogen and oxygen atoms in total. The molecule has 1 heterocycles. The van der Waals surface area contributed by atoms with Gasteiger partial charge in [-0.1, -0.05) is 32.9 Å². The second-order valence-corrected chi connectivity index (χ2v) is 9.93. The van der Waals surface area contributed by atoms with Crippen molar-refractivity contribution in [1.82, 2.24) is 5.32 Å². The number of hydrogen-bond acceptors (Lipinski definition) is 4. The number of carbonyl (C=O) groups is 3. The first-order chi connectivity index (χ1) is 12.0. The number of halogens is 1. The van der Waals surface area contributed by atoms with Gasteiger partial charge in [0.15, 0.2) is 0 Å². The lowest BCUT2D eigenvalue weighted by atomic mass is 9.46. The highest BCUT2D eigenvalue weighted by molar-refractivity contribution is 6.20. The molecular weight excluding hydrogens is 354 g/mol. The maximum absolute atomic E-state index is 12.9. The van der Waals surface area contributed by atoms with Crippen LogP contribution in [0.25, 0.3) is 0 Å². The van der Waals surface area contributed by atoms with Gasteiger partial charge in [-0.15, -0.1) is 11.6 Å². The van der Waals surface area contributed by atoms with Gasteiger partial charge in [0.1, 0.15) is 5.78 Å². The molecular formula is C20H28ClNO4. The molecule has 2 amide bonds. The molecule has 0 radical (unpaired) electrons. The molecule has 0 bridgehead atoms. The fraction of sp³-hybridized carbons (Fsp3) is 0.750. The summed E-state index contributed by atoms with van der Waals surface area (Å²) in [7, 11) is 0. The first kappa shape index (κ1) is 19.6. The van der Waals surface area contributed by atoms with Crippen molar-refractivity contribution < 1.29 is 19.5 Å². The van der Waals surface area contributed by atoms with Crippen molar-refractivity contribution in [3.05, 3.63) is 12.2 Å². The number of ketones is 1. The van der Waals surface area contributed by atoms with Crippen LogP contribution in [0.2, 0.25) is 0 Å². The third-order valence-electron chi connectivity index (χ3n) is 6.81. The third kappa shape index (κ3) is 3.13. The van der Waals surface area contributed by atoms with E-state index < -0.39 is 23.3 Å². The molecule has 0 aromatic carbocycles. The average molecular weight is 382 g/mol. The maximum Gasteiger partial charge on any atom is 0.232 e. The molecule has 3 rings (SSSR count). The summed E-state index contributed by atoms with van der Waals surface area (Å²) in [5.74, 6) is -1.54. The third-order valence-corrected chi connectivity index (χ3v) is 7.12. The van der Waals surface area contributed by atoms with Gasteiger partial charge in [-0.2, -0.15) is 0 Å². The second-order valence-electron chi connectivity index (χ2n) is 9.31. The Balaban J connectivity index is 1.90. The average Bonchev–Trinajstić information content (AvgIpc) is 2.79. The summed E-state index contributed by atoms with van der Waals surface area (Å²) in [6.45, 7) is 10.4. The molecule has 144 valence electrons. The molecule has 3 aliphatic rings. The van der Waals surface area contributed by atoms with E-state index in [-0.39, 0.29) is 40.7 Å². The Morgan fingerprint density at radius 3 is 2.50 bits per heavy atom. The van der Waals surface area contributed by atoms with E-state index in [1.165, 1.54) is 0 Å². The first-order valence-corrected chi connectivity index (χ1v) is 9.75. The number of hydrogen-bond donors (Lipinski definition) is 2. The van der Waals surface area contributed by atoms with Crippen LogP contribution < -0.4 is 5.32 Å². The van der Waals surface area contributed by atoms with Gasteiger partial charge >= 0.3 is 0 Å². The number of imide groups is 1. The Bertz CT molecular complexity index is 673. The second kappa shape index (κ2) is 6.45. The van der Waals surface area contributed by atoms with E-state index in [1.54, 1.807) is 0 Å². The normalized spacial score (nSPS) is 41.0. The number of nitrogens with one attached hydrogen (secondary N) is 1. The number of fused-ring (bicyclic) bond motifs is 1. The van der Waals surface area contributed by atoms with E-state index in [4.69, 9.17) is 11.6 Å². The lowest BCUT2D eigenvalue weighted by Crippen LogP contribution is -2.56. The van der Waals surface area contributed by atoms with Crippen LogP contribution in [0.15, 0.2) is 12.2 Å². The molecule has 2 saturated carbocycles. The van der Waals surface area contributed by atoms with E-state index in [0.29, 0.717) is 19.3 Å². The predicted octanol–water partition coefficient (Wildman–Crippen LogP) is 2.60. The van der Waals surface area contributed by atoms with E-state index >= 15 is 0 Å². The molecule has 2 N–H and O–H groups in total. The van der Waals surface area contributed by atoms with Crippen molar-refractivity contribution in [3.63, 3.8) is 0 Å². The number of amides is 2. The van der Waals surface area contributed by atoms with Gasteiger partial charge in [0.25, 0.3) is 0 Å². The highest BCUT2D eigenvalue weighted by atomic mass is 35.5. The largest absolute Gasteiger partial charge is 0.392 e. The molecule has 0 aromatic heterocycles. The first-order valence-electron chi connectivity index (χ1n) is 9.32. The van der Waals surface area contributed by atoms with Crippen LogP contribution in [0.3, 0.4) is 0 Å². The molecule has 3 fully saturated rings. The quantitative estimate of drug-likeness (QED) is 0.447. The predicted molar refractivity (Wildman–Crippen MR) is 98.4 cm³/mol. The molecule has 6 atom stereocenters. The lowest BCUT2D eigenvalue weighted by Gasteiger charge is -2.58. The topological polar surface area (TPSA) is 83.5 Å². The Morgan fingerprint density at radius 1 is 1.27 bits per heavy atom. The van der Waals surface area contributed by atoms with Gasteiger partial charge in [0.2, 0.25) is 11.8 Å². The minimum Gasteiger partial charge on any atom is -0.392 e. The summed E-state index contributed by atoms with van der Waals surface area (Å²) >= 11 is 6.57. The lowest BCUT2D eigenvalue weighted by molar-refractivity contribution is -0.145. The summed E-state index contributed by atoms with van der Waals surface area (Å²) in [4.78, 5) is 36.3. The molecule has 0 aromatic rings. The fourth-order valence-corrected chi connectivity index (χ4v) is 6.77. The van der Waals surface area contributed by atoms with E-state index in [9.17, 15) is 19.5 Å². The number of aliphatic hydroxyl groups is 1. The van der Waals surface area contributed by atoms with E-state index in [1.807, 2.05) is 0 Å². The van der Waals surface area contributed by atoms with E-state index in [0.717, 1.165) is 12.0 Å². The molecule has 26 heavy (non-hydrogen) atoms. The SMILES string of the molecule is C=C1CC(=O)[C@H]2C(C)(C)C[C@H](Cl)C[C@]2(C)[C@H]1C[C@H](O)[C@H]1CC(=O)NC1=O. The molecule has 1 saturated heterocycles. The van der Waals surface area contributed by atoms with Crippen molar-refractivity contribution in [2.45, 2.75) is 64.4 Å². The summed E-state index contributed by atoms with van der Waals surface area (Å²) in [6, 6.07) is 0. The van der Waals surface area contributed by atoms with Crippen LogP contribution in [0, 0.1) is 28.6 Å². The molecule has 1 aliphatic heterocycles. The number of aliphatic hydroxyl groups excluding tert-OH is 1. The summed E-state index contributed by atoms with van der Waals surface area (Å²) in [5.41, 5.74) is 0.181.